The number of hydrogen-bond donors (Lipinski definition) is 2. The van der Waals surface area contributed by atoms with Crippen LogP contribution in [-0.4, -0.2) is 29.6 Å². The lowest BCUT2D eigenvalue weighted by Crippen LogP contribution is -2.36. The van der Waals surface area contributed by atoms with E-state index in [1.54, 1.807) is 6.92 Å². The number of ether oxygens (including phenoxy) is 1. The average molecular weight is 414 g/mol. The number of carbonyl (C=O) groups is 1. The number of alkyl halides is 3. The number of anilines is 1. The minimum atomic E-state index is -4.58. The minimum absolute atomic E-state index is 0.0311. The standard InChI is InChI=1S/C19H19ClF3N3O2/c1-11(16-5-3-6-24-16)28-14-9-12(19(21,22)23)8-13(10-14)26-18(27)15-4-2-7-25-17(15)20/h2,4,7-11,16,24H,3,5-6H2,1H3,(H,26,27). The summed E-state index contributed by atoms with van der Waals surface area (Å²) in [5.41, 5.74) is -0.891. The molecule has 2 aromatic rings. The molecule has 1 saturated heterocycles. The summed E-state index contributed by atoms with van der Waals surface area (Å²) in [7, 11) is 0. The Balaban J connectivity index is 1.85. The number of amides is 1. The van der Waals surface area contributed by atoms with E-state index in [9.17, 15) is 18.0 Å². The first-order valence-corrected chi connectivity index (χ1v) is 9.16. The molecule has 9 heteroatoms. The summed E-state index contributed by atoms with van der Waals surface area (Å²) in [6, 6.07) is 6.16. The van der Waals surface area contributed by atoms with Crippen LogP contribution in [0.15, 0.2) is 36.5 Å². The number of nitrogens with one attached hydrogen (secondary N) is 2. The Labute approximate surface area is 165 Å². The topological polar surface area (TPSA) is 63.2 Å². The molecule has 2 unspecified atom stereocenters. The summed E-state index contributed by atoms with van der Waals surface area (Å²) in [6.07, 6.45) is -1.60. The highest BCUT2D eigenvalue weighted by molar-refractivity contribution is 6.33. The normalized spacial score (nSPS) is 18.0. The van der Waals surface area contributed by atoms with Crippen LogP contribution in [-0.2, 0) is 6.18 Å². The van der Waals surface area contributed by atoms with Gasteiger partial charge in [-0.05, 0) is 50.6 Å². The first kappa shape index (κ1) is 20.4. The molecule has 0 aliphatic carbocycles. The highest BCUT2D eigenvalue weighted by Gasteiger charge is 2.32. The van der Waals surface area contributed by atoms with Crippen molar-refractivity contribution in [3.05, 3.63) is 52.8 Å². The van der Waals surface area contributed by atoms with E-state index in [0.29, 0.717) is 0 Å². The van der Waals surface area contributed by atoms with Crippen molar-refractivity contribution < 1.29 is 22.7 Å². The van der Waals surface area contributed by atoms with Gasteiger partial charge in [0.15, 0.2) is 0 Å². The van der Waals surface area contributed by atoms with Gasteiger partial charge in [0.25, 0.3) is 5.91 Å². The average Bonchev–Trinajstić information content (AvgIpc) is 3.16. The number of rotatable bonds is 5. The number of aromatic nitrogens is 1. The molecule has 1 aromatic heterocycles. The Kier molecular flexibility index (Phi) is 6.10. The van der Waals surface area contributed by atoms with E-state index >= 15 is 0 Å². The maximum absolute atomic E-state index is 13.3. The van der Waals surface area contributed by atoms with E-state index in [1.165, 1.54) is 24.4 Å². The summed E-state index contributed by atoms with van der Waals surface area (Å²) in [5.74, 6) is -0.627. The van der Waals surface area contributed by atoms with Gasteiger partial charge < -0.3 is 15.4 Å². The molecule has 1 amide bonds. The van der Waals surface area contributed by atoms with E-state index in [4.69, 9.17) is 16.3 Å². The van der Waals surface area contributed by atoms with Crippen LogP contribution in [0, 0.1) is 0 Å². The lowest BCUT2D eigenvalue weighted by atomic mass is 10.1. The van der Waals surface area contributed by atoms with Crippen LogP contribution in [0.1, 0.15) is 35.7 Å². The number of pyridine rings is 1. The SMILES string of the molecule is CC(Oc1cc(NC(=O)c2cccnc2Cl)cc(C(F)(F)F)c1)C1CCCN1. The molecule has 0 spiro atoms. The zero-order valence-corrected chi connectivity index (χ0v) is 15.8. The van der Waals surface area contributed by atoms with Gasteiger partial charge in [-0.2, -0.15) is 13.2 Å². The summed E-state index contributed by atoms with van der Waals surface area (Å²) in [6.45, 7) is 2.66. The maximum atomic E-state index is 13.3. The summed E-state index contributed by atoms with van der Waals surface area (Å²) >= 11 is 5.88. The Hall–Kier alpha value is -2.32. The molecule has 2 heterocycles. The molecule has 1 fully saturated rings. The van der Waals surface area contributed by atoms with Crippen LogP contribution in [0.5, 0.6) is 5.75 Å². The Bertz CT molecular complexity index is 855. The number of nitrogens with zero attached hydrogens (tertiary/aromatic N) is 1. The molecule has 28 heavy (non-hydrogen) atoms. The quantitative estimate of drug-likeness (QED) is 0.707. The van der Waals surface area contributed by atoms with Crippen LogP contribution >= 0.6 is 11.6 Å². The summed E-state index contributed by atoms with van der Waals surface area (Å²) < 4.78 is 45.6. The van der Waals surface area contributed by atoms with Crippen LogP contribution in [0.2, 0.25) is 5.15 Å². The van der Waals surface area contributed by atoms with Crippen molar-refractivity contribution in [2.24, 2.45) is 0 Å². The van der Waals surface area contributed by atoms with Gasteiger partial charge in [0.1, 0.15) is 17.0 Å². The molecule has 2 atom stereocenters. The fourth-order valence-electron chi connectivity index (χ4n) is 3.07. The number of hydrogen-bond acceptors (Lipinski definition) is 4. The number of halogens is 4. The van der Waals surface area contributed by atoms with Crippen LogP contribution in [0.4, 0.5) is 18.9 Å². The molecule has 1 aromatic carbocycles. The monoisotopic (exact) mass is 413 g/mol. The van der Waals surface area contributed by atoms with E-state index in [0.717, 1.165) is 31.5 Å². The highest BCUT2D eigenvalue weighted by atomic mass is 35.5. The third kappa shape index (κ3) is 4.94. The van der Waals surface area contributed by atoms with Gasteiger partial charge >= 0.3 is 6.18 Å². The van der Waals surface area contributed by atoms with E-state index in [2.05, 4.69) is 15.6 Å². The van der Waals surface area contributed by atoms with Crippen LogP contribution in [0.25, 0.3) is 0 Å². The third-order valence-electron chi connectivity index (χ3n) is 4.48. The van der Waals surface area contributed by atoms with E-state index in [-0.39, 0.29) is 34.3 Å². The second kappa shape index (κ2) is 8.36. The molecule has 0 saturated carbocycles. The van der Waals surface area contributed by atoms with Crippen molar-refractivity contribution in [2.45, 2.75) is 38.1 Å². The maximum Gasteiger partial charge on any atom is 0.416 e. The molecule has 3 rings (SSSR count). The second-order valence-electron chi connectivity index (χ2n) is 6.57. The Morgan fingerprint density at radius 1 is 1.39 bits per heavy atom. The largest absolute Gasteiger partial charge is 0.489 e. The van der Waals surface area contributed by atoms with Gasteiger partial charge in [-0.25, -0.2) is 4.98 Å². The predicted molar refractivity (Wildman–Crippen MR) is 99.8 cm³/mol. The fourth-order valence-corrected chi connectivity index (χ4v) is 3.27. The second-order valence-corrected chi connectivity index (χ2v) is 6.92. The molecule has 0 radical (unpaired) electrons. The summed E-state index contributed by atoms with van der Waals surface area (Å²) in [5, 5.41) is 5.66. The zero-order valence-electron chi connectivity index (χ0n) is 15.0. The zero-order chi connectivity index (χ0) is 20.3. The summed E-state index contributed by atoms with van der Waals surface area (Å²) in [4.78, 5) is 16.2. The predicted octanol–water partition coefficient (Wildman–Crippen LogP) is 4.53. The first-order chi connectivity index (χ1) is 13.2. The van der Waals surface area contributed by atoms with Crippen molar-refractivity contribution in [2.75, 3.05) is 11.9 Å². The fraction of sp³-hybridized carbons (Fsp3) is 0.368. The molecular weight excluding hydrogens is 395 g/mol. The molecule has 150 valence electrons. The van der Waals surface area contributed by atoms with Crippen molar-refractivity contribution in [1.82, 2.24) is 10.3 Å². The molecule has 2 N–H and O–H groups in total. The van der Waals surface area contributed by atoms with Crippen LogP contribution < -0.4 is 15.4 Å². The van der Waals surface area contributed by atoms with Gasteiger partial charge in [-0.15, -0.1) is 0 Å². The van der Waals surface area contributed by atoms with E-state index < -0.39 is 17.6 Å². The highest BCUT2D eigenvalue weighted by Crippen LogP contribution is 2.35. The van der Waals surface area contributed by atoms with E-state index in [1.807, 2.05) is 0 Å². The van der Waals surface area contributed by atoms with Gasteiger partial charge in [-0.1, -0.05) is 11.6 Å². The third-order valence-corrected chi connectivity index (χ3v) is 4.78. The lowest BCUT2D eigenvalue weighted by molar-refractivity contribution is -0.137. The lowest BCUT2D eigenvalue weighted by Gasteiger charge is -2.22. The molecule has 1 aliphatic heterocycles. The Morgan fingerprint density at radius 2 is 2.18 bits per heavy atom. The molecular formula is C19H19ClF3N3O2. The number of carbonyl (C=O) groups excluding carboxylic acids is 1. The van der Waals surface area contributed by atoms with Gasteiger partial charge in [0, 0.05) is 24.0 Å². The molecule has 1 aliphatic rings. The molecule has 5 nitrogen and oxygen atoms in total. The van der Waals surface area contributed by atoms with Crippen LogP contribution in [0.3, 0.4) is 0 Å². The van der Waals surface area contributed by atoms with Crippen molar-refractivity contribution in [3.63, 3.8) is 0 Å². The minimum Gasteiger partial charge on any atom is -0.489 e. The van der Waals surface area contributed by atoms with Gasteiger partial charge in [0.05, 0.1) is 11.1 Å². The number of benzene rings is 1. The molecule has 0 bridgehead atoms. The Morgan fingerprint density at radius 3 is 2.82 bits per heavy atom. The van der Waals surface area contributed by atoms with Gasteiger partial charge in [0.2, 0.25) is 0 Å². The van der Waals surface area contributed by atoms with Crippen molar-refractivity contribution in [1.29, 1.82) is 0 Å². The smallest absolute Gasteiger partial charge is 0.416 e. The van der Waals surface area contributed by atoms with Crippen molar-refractivity contribution in [3.8, 4) is 5.75 Å². The van der Waals surface area contributed by atoms with Gasteiger partial charge in [-0.3, -0.25) is 4.79 Å². The first-order valence-electron chi connectivity index (χ1n) is 8.78. The van der Waals surface area contributed by atoms with Crippen molar-refractivity contribution >= 4 is 23.2 Å².